The topological polar surface area (TPSA) is 49.0 Å². The number of imidazole rings is 1. The highest BCUT2D eigenvalue weighted by molar-refractivity contribution is 6.62. The van der Waals surface area contributed by atoms with E-state index in [9.17, 15) is 0 Å². The predicted molar refractivity (Wildman–Crippen MR) is 253 cm³/mol. The lowest BCUT2D eigenvalue weighted by molar-refractivity contribution is -0.572. The van der Waals surface area contributed by atoms with Gasteiger partial charge in [-0.15, -0.1) is 0 Å². The number of benzene rings is 6. The van der Waals surface area contributed by atoms with Crippen LogP contribution in [-0.4, -0.2) is 21.2 Å². The number of ether oxygens (including phenoxy) is 1. The molecule has 0 fully saturated rings. The molecule has 0 atom stereocenters. The lowest BCUT2D eigenvalue weighted by Crippen LogP contribution is -2.65. The second kappa shape index (κ2) is 14.6. The normalized spacial score (nSPS) is 14.5. The van der Waals surface area contributed by atoms with Gasteiger partial charge in [-0.25, -0.2) is 9.46 Å². The Balaban J connectivity index is 1.16. The van der Waals surface area contributed by atoms with Gasteiger partial charge in [-0.3, -0.25) is 13.7 Å². The van der Waals surface area contributed by atoms with Crippen LogP contribution < -0.4 is 23.9 Å². The number of para-hydroxylation sites is 4. The van der Waals surface area contributed by atoms with Crippen LogP contribution in [0.3, 0.4) is 0 Å². The van der Waals surface area contributed by atoms with Crippen LogP contribution in [0.25, 0.3) is 61.3 Å². The maximum absolute atomic E-state index is 8.81. The van der Waals surface area contributed by atoms with E-state index >= 15 is 0 Å². The highest BCUT2D eigenvalue weighted by Crippen LogP contribution is 2.38. The van der Waals surface area contributed by atoms with E-state index in [0.29, 0.717) is 39.4 Å². The van der Waals surface area contributed by atoms with Crippen LogP contribution in [0.2, 0.25) is 0 Å². The Morgan fingerprint density at radius 3 is 2.32 bits per heavy atom. The minimum Gasteiger partial charge on any atom is -0.496 e. The molecule has 10 aromatic rings. The van der Waals surface area contributed by atoms with E-state index in [1.54, 1.807) is 16.7 Å². The van der Waals surface area contributed by atoms with E-state index in [0.717, 1.165) is 50.1 Å². The van der Waals surface area contributed by atoms with Crippen LogP contribution in [-0.2, 0) is 10.8 Å². The second-order valence-electron chi connectivity index (χ2n) is 17.4. The van der Waals surface area contributed by atoms with Crippen LogP contribution in [0.4, 0.5) is 0 Å². The number of nitrogens with zero attached hydrogens (tertiary/aromatic N) is 5. The van der Waals surface area contributed by atoms with E-state index in [1.807, 2.05) is 138 Å². The molecule has 1 aliphatic heterocycles. The van der Waals surface area contributed by atoms with Gasteiger partial charge in [-0.1, -0.05) is 114 Å². The molecule has 63 heavy (non-hydrogen) atoms. The molecule has 306 valence electrons. The average Bonchev–Trinajstić information content (AvgIpc) is 3.89. The summed E-state index contributed by atoms with van der Waals surface area (Å²) in [5.74, 6) is 2.51. The summed E-state index contributed by atoms with van der Waals surface area (Å²) in [6.07, 6.45) is 7.40. The Labute approximate surface area is 376 Å². The third-order valence-electron chi connectivity index (χ3n) is 12.0. The first-order chi connectivity index (χ1) is 33.0. The van der Waals surface area contributed by atoms with Crippen molar-refractivity contribution in [3.05, 3.63) is 194 Å². The molecule has 0 saturated heterocycles. The van der Waals surface area contributed by atoms with Crippen molar-refractivity contribution in [2.75, 3.05) is 0 Å². The van der Waals surface area contributed by atoms with Crippen molar-refractivity contribution >= 4 is 45.4 Å². The lowest BCUT2D eigenvalue weighted by atomic mass is 9.69. The molecule has 11 rings (SSSR count). The van der Waals surface area contributed by atoms with Gasteiger partial charge in [0.1, 0.15) is 29.3 Å². The van der Waals surface area contributed by atoms with Crippen molar-refractivity contribution in [2.24, 2.45) is 0 Å². The molecule has 0 saturated carbocycles. The highest BCUT2D eigenvalue weighted by atomic mass is 16.5. The van der Waals surface area contributed by atoms with Gasteiger partial charge in [0.15, 0.2) is 5.69 Å². The zero-order chi connectivity index (χ0) is 48.0. The third kappa shape index (κ3) is 6.56. The molecule has 1 aliphatic rings. The third-order valence-corrected chi connectivity index (χ3v) is 12.0. The Hall–Kier alpha value is -7.45. The molecule has 0 amide bonds. The molecule has 0 radical (unpaired) electrons. The molecule has 7 nitrogen and oxygen atoms in total. The number of hydrogen-bond donors (Lipinski definition) is 0. The molecule has 4 aromatic heterocycles. The SMILES string of the molecule is [2H]C([2H])([2H])C(C)(c1cccc2c1n(-c1cc(Oc3ccc4c5ccccc5n(-c5cc(C(C)(C)C)ccn5)c4c3)ccc1B1Oc3ccccc3-c3cccc[n+]31)[c-][n+]2-c1ccccc1)C([2H])([2H])[2H]. The monoisotopic (exact) mass is 826 g/mol. The first kappa shape index (κ1) is 32.3. The van der Waals surface area contributed by atoms with Crippen molar-refractivity contribution in [2.45, 2.75) is 52.2 Å². The fourth-order valence-corrected chi connectivity index (χ4v) is 8.96. The lowest BCUT2D eigenvalue weighted by Gasteiger charge is -2.24. The predicted octanol–water partition coefficient (Wildman–Crippen LogP) is 11.2. The molecule has 8 heteroatoms. The van der Waals surface area contributed by atoms with E-state index in [-0.39, 0.29) is 11.0 Å². The zero-order valence-electron chi connectivity index (χ0n) is 41.4. The molecular formula is C55H47BN5O2+. The summed E-state index contributed by atoms with van der Waals surface area (Å²) in [4.78, 5) is 4.87. The maximum Gasteiger partial charge on any atom is 0.761 e. The number of rotatable bonds is 6. The fraction of sp³-hybridized carbons (Fsp3) is 0.145. The second-order valence-corrected chi connectivity index (χ2v) is 17.4. The molecule has 5 heterocycles. The minimum atomic E-state index is -2.94. The van der Waals surface area contributed by atoms with Gasteiger partial charge in [-0.05, 0) is 101 Å². The molecule has 0 unspecified atom stereocenters. The van der Waals surface area contributed by atoms with Crippen molar-refractivity contribution in [3.63, 3.8) is 0 Å². The van der Waals surface area contributed by atoms with Crippen LogP contribution in [0.15, 0.2) is 176 Å². The van der Waals surface area contributed by atoms with Gasteiger partial charge in [0.05, 0.1) is 44.5 Å². The molecule has 0 bridgehead atoms. The molecule has 0 aliphatic carbocycles. The van der Waals surface area contributed by atoms with Gasteiger partial charge < -0.3 is 9.39 Å². The van der Waals surface area contributed by atoms with Crippen molar-refractivity contribution in [1.82, 2.24) is 14.1 Å². The van der Waals surface area contributed by atoms with E-state index in [1.165, 1.54) is 6.92 Å². The molecule has 6 aromatic carbocycles. The first-order valence-electron chi connectivity index (χ1n) is 24.1. The van der Waals surface area contributed by atoms with Crippen LogP contribution in [0.5, 0.6) is 17.2 Å². The first-order valence-corrected chi connectivity index (χ1v) is 21.1. The van der Waals surface area contributed by atoms with Gasteiger partial charge in [-0.2, -0.15) is 0 Å². The summed E-state index contributed by atoms with van der Waals surface area (Å²) >= 11 is 0. The summed E-state index contributed by atoms with van der Waals surface area (Å²) in [5, 5.41) is 2.12. The largest absolute Gasteiger partial charge is 0.761 e. The van der Waals surface area contributed by atoms with Gasteiger partial charge in [0.2, 0.25) is 0 Å². The van der Waals surface area contributed by atoms with Crippen molar-refractivity contribution in [1.29, 1.82) is 0 Å². The van der Waals surface area contributed by atoms with E-state index in [2.05, 4.69) is 66.5 Å². The summed E-state index contributed by atoms with van der Waals surface area (Å²) in [5.41, 5.74) is 5.54. The number of pyridine rings is 2. The Kier molecular flexibility index (Phi) is 7.48. The number of hydrogen-bond acceptors (Lipinski definition) is 3. The molecule has 0 N–H and O–H groups in total. The van der Waals surface area contributed by atoms with E-state index in [4.69, 9.17) is 22.6 Å². The number of aromatic nitrogens is 5. The van der Waals surface area contributed by atoms with E-state index < -0.39 is 26.2 Å². The van der Waals surface area contributed by atoms with Crippen molar-refractivity contribution < 1.29 is 26.7 Å². The summed E-state index contributed by atoms with van der Waals surface area (Å²) in [7, 11) is -0.733. The van der Waals surface area contributed by atoms with Gasteiger partial charge in [0, 0.05) is 37.3 Å². The standard InChI is InChI=1S/C55H47BN5O2/c1-54(2,3)37-30-31-57-52(33-37)61-47-23-12-10-19-41(47)42-28-26-39(34-49(42)61)62-40-27-29-45(56-60-32-15-14-22-46(60)43-20-11-13-25-51(43)63-56)50(35-40)59-36-58(38-17-8-7-9-18-38)48-24-16-21-44(53(48)59)55(4,5)6/h7-35H,1-6H3/q+1/i4D3,5D3. The quantitative estimate of drug-likeness (QED) is 0.0953. The van der Waals surface area contributed by atoms with Crippen molar-refractivity contribution in [3.8, 4) is 45.7 Å². The minimum absolute atomic E-state index is 0.0943. The van der Waals surface area contributed by atoms with Gasteiger partial charge in [0.25, 0.3) is 6.33 Å². The molecular weight excluding hydrogens is 773 g/mol. The van der Waals surface area contributed by atoms with Crippen LogP contribution >= 0.6 is 0 Å². The smallest absolute Gasteiger partial charge is 0.496 e. The fourth-order valence-electron chi connectivity index (χ4n) is 8.96. The summed E-state index contributed by atoms with van der Waals surface area (Å²) < 4.78 is 74.5. The van der Waals surface area contributed by atoms with Crippen LogP contribution in [0.1, 0.15) is 60.8 Å². The number of fused-ring (bicyclic) bond motifs is 7. The average molecular weight is 827 g/mol. The zero-order valence-corrected chi connectivity index (χ0v) is 35.4. The Bertz CT molecular complexity index is 3620. The molecule has 0 spiro atoms. The highest BCUT2D eigenvalue weighted by Gasteiger charge is 2.46. The Morgan fingerprint density at radius 1 is 0.698 bits per heavy atom. The summed E-state index contributed by atoms with van der Waals surface area (Å²) in [6.45, 7) is 2.00. The maximum atomic E-state index is 8.81. The van der Waals surface area contributed by atoms with Crippen LogP contribution in [0, 0.1) is 6.33 Å². The van der Waals surface area contributed by atoms with Gasteiger partial charge >= 0.3 is 7.05 Å². The Morgan fingerprint density at radius 2 is 1.46 bits per heavy atom. The summed E-state index contributed by atoms with van der Waals surface area (Å²) in [6, 6.07) is 52.9.